The molecule has 1 heterocycles. The van der Waals surface area contributed by atoms with Gasteiger partial charge in [-0.15, -0.1) is 0 Å². The normalized spacial score (nSPS) is 11.7. The van der Waals surface area contributed by atoms with Crippen LogP contribution >= 0.6 is 0 Å². The molecule has 2 aromatic carbocycles. The molecule has 3 rings (SSSR count). The maximum absolute atomic E-state index is 13.2. The van der Waals surface area contributed by atoms with Crippen LogP contribution in [0.25, 0.3) is 11.0 Å². The maximum Gasteiger partial charge on any atom is 0.449 e. The van der Waals surface area contributed by atoms with E-state index in [1.54, 1.807) is 48.5 Å². The molecule has 0 saturated carbocycles. The number of methoxy groups -OCH3 is 1. The molecule has 0 aliphatic rings. The first-order chi connectivity index (χ1) is 11.5. The molecule has 0 bridgehead atoms. The highest BCUT2D eigenvalue weighted by Gasteiger charge is 2.37. The highest BCUT2D eigenvalue weighted by atomic mass is 19.4. The van der Waals surface area contributed by atoms with Gasteiger partial charge in [-0.1, -0.05) is 18.2 Å². The lowest BCUT2D eigenvalue weighted by Crippen LogP contribution is -2.18. The van der Waals surface area contributed by atoms with Crippen LogP contribution < -0.4 is 9.47 Å². The van der Waals surface area contributed by atoms with Gasteiger partial charge in [-0.25, -0.2) is 4.98 Å². The summed E-state index contributed by atoms with van der Waals surface area (Å²) in [5, 5.41) is 0. The first kappa shape index (κ1) is 16.2. The number of para-hydroxylation sites is 2. The number of halogens is 3. The minimum Gasteiger partial charge on any atom is -0.497 e. The molecule has 24 heavy (non-hydrogen) atoms. The first-order valence-corrected chi connectivity index (χ1v) is 7.28. The highest BCUT2D eigenvalue weighted by molar-refractivity contribution is 5.76. The molecule has 0 aliphatic heterocycles. The second kappa shape index (κ2) is 6.43. The zero-order valence-corrected chi connectivity index (χ0v) is 12.9. The number of fused-ring (bicyclic) bond motifs is 1. The Morgan fingerprint density at radius 2 is 1.79 bits per heavy atom. The van der Waals surface area contributed by atoms with Crippen molar-refractivity contribution in [3.8, 4) is 11.5 Å². The summed E-state index contributed by atoms with van der Waals surface area (Å²) in [7, 11) is 1.53. The van der Waals surface area contributed by atoms with Gasteiger partial charge in [0.25, 0.3) is 0 Å². The van der Waals surface area contributed by atoms with Gasteiger partial charge in [-0.3, -0.25) is 0 Å². The van der Waals surface area contributed by atoms with Gasteiger partial charge in [0.15, 0.2) is 0 Å². The monoisotopic (exact) mass is 336 g/mol. The van der Waals surface area contributed by atoms with Crippen LogP contribution in [-0.4, -0.2) is 23.3 Å². The summed E-state index contributed by atoms with van der Waals surface area (Å²) in [6.07, 6.45) is -4.52. The lowest BCUT2D eigenvalue weighted by Gasteiger charge is -2.12. The minimum absolute atomic E-state index is 0.0343. The van der Waals surface area contributed by atoms with Gasteiger partial charge < -0.3 is 14.0 Å². The smallest absolute Gasteiger partial charge is 0.449 e. The van der Waals surface area contributed by atoms with E-state index in [2.05, 4.69) is 4.98 Å². The Bertz CT molecular complexity index is 843. The third-order valence-corrected chi connectivity index (χ3v) is 3.53. The molecule has 0 radical (unpaired) electrons. The second-order valence-corrected chi connectivity index (χ2v) is 5.10. The summed E-state index contributed by atoms with van der Waals surface area (Å²) < 4.78 is 51.3. The molecule has 0 spiro atoms. The van der Waals surface area contributed by atoms with E-state index in [0.29, 0.717) is 22.5 Å². The molecule has 1 aromatic heterocycles. The van der Waals surface area contributed by atoms with Crippen molar-refractivity contribution >= 4 is 11.0 Å². The van der Waals surface area contributed by atoms with Gasteiger partial charge >= 0.3 is 6.18 Å². The number of hydrogen-bond donors (Lipinski definition) is 0. The molecule has 4 nitrogen and oxygen atoms in total. The maximum atomic E-state index is 13.2. The third-order valence-electron chi connectivity index (χ3n) is 3.53. The summed E-state index contributed by atoms with van der Waals surface area (Å²) in [6, 6.07) is 13.4. The van der Waals surface area contributed by atoms with Crippen molar-refractivity contribution in [3.05, 3.63) is 54.4 Å². The van der Waals surface area contributed by atoms with Gasteiger partial charge in [0.2, 0.25) is 5.82 Å². The van der Waals surface area contributed by atoms with Crippen molar-refractivity contribution in [1.29, 1.82) is 0 Å². The fraction of sp³-hybridized carbons (Fsp3) is 0.235. The average Bonchev–Trinajstić information content (AvgIpc) is 2.94. The Balaban J connectivity index is 1.81. The highest BCUT2D eigenvalue weighted by Crippen LogP contribution is 2.31. The lowest BCUT2D eigenvalue weighted by atomic mass is 10.3. The molecule has 3 aromatic rings. The minimum atomic E-state index is -4.52. The van der Waals surface area contributed by atoms with E-state index >= 15 is 0 Å². The molecular formula is C17H15F3N2O2. The number of benzene rings is 2. The van der Waals surface area contributed by atoms with Gasteiger partial charge in [-0.2, -0.15) is 13.2 Å². The number of ether oxygens (including phenoxy) is 2. The molecule has 0 aliphatic carbocycles. The van der Waals surface area contributed by atoms with Crippen molar-refractivity contribution in [2.24, 2.45) is 0 Å². The molecular weight excluding hydrogens is 321 g/mol. The van der Waals surface area contributed by atoms with Crippen LogP contribution in [0, 0.1) is 0 Å². The van der Waals surface area contributed by atoms with Crippen LogP contribution in [-0.2, 0) is 12.7 Å². The summed E-state index contributed by atoms with van der Waals surface area (Å²) in [5.41, 5.74) is 0.741. The molecule has 126 valence electrons. The quantitative estimate of drug-likeness (QED) is 0.702. The predicted molar refractivity (Wildman–Crippen MR) is 83.2 cm³/mol. The molecule has 0 amide bonds. The SMILES string of the molecule is COc1cccc(OCCn2c(C(F)(F)F)nc3ccccc32)c1. The number of aromatic nitrogens is 2. The molecule has 0 N–H and O–H groups in total. The van der Waals surface area contributed by atoms with Crippen LogP contribution in [0.5, 0.6) is 11.5 Å². The fourth-order valence-corrected chi connectivity index (χ4v) is 2.46. The zero-order chi connectivity index (χ0) is 17.2. The Morgan fingerprint density at radius 1 is 1.04 bits per heavy atom. The average molecular weight is 336 g/mol. The number of alkyl halides is 3. The van der Waals surface area contributed by atoms with Crippen molar-refractivity contribution in [1.82, 2.24) is 9.55 Å². The van der Waals surface area contributed by atoms with E-state index < -0.39 is 12.0 Å². The largest absolute Gasteiger partial charge is 0.497 e. The predicted octanol–water partition coefficient (Wildman–Crippen LogP) is 4.14. The molecule has 0 unspecified atom stereocenters. The first-order valence-electron chi connectivity index (χ1n) is 7.28. The summed E-state index contributed by atoms with van der Waals surface area (Å²) in [6.45, 7) is 0.114. The summed E-state index contributed by atoms with van der Waals surface area (Å²) in [5.74, 6) is 0.238. The fourth-order valence-electron chi connectivity index (χ4n) is 2.46. The van der Waals surface area contributed by atoms with Gasteiger partial charge in [0.05, 0.1) is 24.7 Å². The Kier molecular flexibility index (Phi) is 4.33. The van der Waals surface area contributed by atoms with Crippen molar-refractivity contribution in [3.63, 3.8) is 0 Å². The molecule has 0 saturated heterocycles. The van der Waals surface area contributed by atoms with Gasteiger partial charge in [0, 0.05) is 6.07 Å². The molecule has 0 fully saturated rings. The Hall–Kier alpha value is -2.70. The van der Waals surface area contributed by atoms with E-state index in [0.717, 1.165) is 4.57 Å². The standard InChI is InChI=1S/C17H15F3N2O2/c1-23-12-5-4-6-13(11-12)24-10-9-22-15-8-3-2-7-14(15)21-16(22)17(18,19)20/h2-8,11H,9-10H2,1H3. The Labute approximate surface area is 136 Å². The summed E-state index contributed by atoms with van der Waals surface area (Å²) in [4.78, 5) is 3.70. The van der Waals surface area contributed by atoms with Gasteiger partial charge in [0.1, 0.15) is 18.1 Å². The van der Waals surface area contributed by atoms with Crippen LogP contribution in [0.4, 0.5) is 13.2 Å². The van der Waals surface area contributed by atoms with E-state index in [-0.39, 0.29) is 13.2 Å². The van der Waals surface area contributed by atoms with Crippen molar-refractivity contribution in [2.75, 3.05) is 13.7 Å². The van der Waals surface area contributed by atoms with E-state index in [4.69, 9.17) is 9.47 Å². The van der Waals surface area contributed by atoms with Crippen molar-refractivity contribution < 1.29 is 22.6 Å². The molecule has 0 atom stereocenters. The van der Waals surface area contributed by atoms with Crippen LogP contribution in [0.3, 0.4) is 0 Å². The Morgan fingerprint density at radius 3 is 2.54 bits per heavy atom. The van der Waals surface area contributed by atoms with Crippen LogP contribution in [0.15, 0.2) is 48.5 Å². The molecule has 7 heteroatoms. The third kappa shape index (κ3) is 3.29. The van der Waals surface area contributed by atoms with Crippen molar-refractivity contribution in [2.45, 2.75) is 12.7 Å². The second-order valence-electron chi connectivity index (χ2n) is 5.10. The lowest BCUT2D eigenvalue weighted by molar-refractivity contribution is -0.147. The van der Waals surface area contributed by atoms with E-state index in [9.17, 15) is 13.2 Å². The number of hydrogen-bond acceptors (Lipinski definition) is 3. The van der Waals surface area contributed by atoms with E-state index in [1.807, 2.05) is 0 Å². The topological polar surface area (TPSA) is 36.3 Å². The number of nitrogens with zero attached hydrogens (tertiary/aromatic N) is 2. The number of imidazole rings is 1. The summed E-state index contributed by atoms with van der Waals surface area (Å²) >= 11 is 0. The zero-order valence-electron chi connectivity index (χ0n) is 12.9. The van der Waals surface area contributed by atoms with Crippen LogP contribution in [0.1, 0.15) is 5.82 Å². The van der Waals surface area contributed by atoms with Gasteiger partial charge in [-0.05, 0) is 24.3 Å². The number of rotatable bonds is 5. The van der Waals surface area contributed by atoms with Crippen LogP contribution in [0.2, 0.25) is 0 Å². The van der Waals surface area contributed by atoms with E-state index in [1.165, 1.54) is 7.11 Å².